The summed E-state index contributed by atoms with van der Waals surface area (Å²) in [6.45, 7) is 3.84. The molecule has 2 fully saturated rings. The molecule has 0 spiro atoms. The average Bonchev–Trinajstić information content (AvgIpc) is 3.47. The molecule has 2 saturated heterocycles. The van der Waals surface area contributed by atoms with E-state index in [0.29, 0.717) is 26.2 Å². The smallest absolute Gasteiger partial charge is 0.289 e. The van der Waals surface area contributed by atoms with Gasteiger partial charge in [0.2, 0.25) is 10.0 Å². The number of furan rings is 1. The van der Waals surface area contributed by atoms with E-state index in [-0.39, 0.29) is 28.2 Å². The first-order valence-corrected chi connectivity index (χ1v) is 11.4. The summed E-state index contributed by atoms with van der Waals surface area (Å²) in [6, 6.07) is 9.28. The van der Waals surface area contributed by atoms with Gasteiger partial charge in [0.15, 0.2) is 5.76 Å². The van der Waals surface area contributed by atoms with Gasteiger partial charge in [-0.05, 0) is 43.9 Å². The predicted molar refractivity (Wildman–Crippen MR) is 108 cm³/mol. The van der Waals surface area contributed by atoms with Crippen molar-refractivity contribution in [3.63, 3.8) is 0 Å². The summed E-state index contributed by atoms with van der Waals surface area (Å²) in [4.78, 5) is 14.8. The minimum Gasteiger partial charge on any atom is -0.497 e. The molecule has 1 atom stereocenters. The number of likely N-dealkylation sites (tertiary alicyclic amines) is 1. The Balaban J connectivity index is 1.49. The molecule has 2 aliphatic heterocycles. The average molecular weight is 419 g/mol. The summed E-state index contributed by atoms with van der Waals surface area (Å²) < 4.78 is 37.9. The van der Waals surface area contributed by atoms with Crippen LogP contribution < -0.4 is 4.74 Å². The minimum atomic E-state index is -3.61. The van der Waals surface area contributed by atoms with Crippen molar-refractivity contribution in [1.82, 2.24) is 9.21 Å². The van der Waals surface area contributed by atoms with Crippen molar-refractivity contribution in [3.8, 4) is 5.75 Å². The first-order chi connectivity index (χ1) is 13.9. The van der Waals surface area contributed by atoms with Crippen molar-refractivity contribution in [2.24, 2.45) is 0 Å². The lowest BCUT2D eigenvalue weighted by Gasteiger charge is -2.15. The summed E-state index contributed by atoms with van der Waals surface area (Å²) >= 11 is 0. The fraction of sp³-hybridized carbons (Fsp3) is 0.476. The minimum absolute atomic E-state index is 0.0932. The van der Waals surface area contributed by atoms with Crippen LogP contribution in [0.2, 0.25) is 0 Å². The Morgan fingerprint density at radius 3 is 2.48 bits per heavy atom. The normalized spacial score (nSPS) is 20.3. The molecule has 0 aliphatic carbocycles. The maximum atomic E-state index is 12.9. The Morgan fingerprint density at radius 2 is 1.83 bits per heavy atom. The summed E-state index contributed by atoms with van der Waals surface area (Å²) in [5.74, 6) is 1.15. The highest BCUT2D eigenvalue weighted by molar-refractivity contribution is 7.89. The largest absolute Gasteiger partial charge is 0.497 e. The van der Waals surface area contributed by atoms with Gasteiger partial charge in [0.25, 0.3) is 5.91 Å². The number of carbonyl (C=O) groups excluding carboxylic acids is 1. The molecule has 7 nitrogen and oxygen atoms in total. The van der Waals surface area contributed by atoms with Crippen molar-refractivity contribution in [3.05, 3.63) is 47.4 Å². The molecule has 0 bridgehead atoms. The Hall–Kier alpha value is -2.32. The quantitative estimate of drug-likeness (QED) is 0.746. The third-order valence-corrected chi connectivity index (χ3v) is 7.83. The number of benzene rings is 1. The molecular weight excluding hydrogens is 392 g/mol. The van der Waals surface area contributed by atoms with Crippen LogP contribution in [0.3, 0.4) is 0 Å². The lowest BCUT2D eigenvalue weighted by atomic mass is 9.98. The highest BCUT2D eigenvalue weighted by Crippen LogP contribution is 2.31. The zero-order valence-corrected chi connectivity index (χ0v) is 17.6. The molecule has 2 aromatic rings. The van der Waals surface area contributed by atoms with E-state index in [4.69, 9.17) is 9.15 Å². The monoisotopic (exact) mass is 418 g/mol. The molecule has 0 saturated carbocycles. The number of hydrogen-bond acceptors (Lipinski definition) is 5. The fourth-order valence-corrected chi connectivity index (χ4v) is 5.82. The molecule has 1 aromatic heterocycles. The second-order valence-corrected chi connectivity index (χ2v) is 9.56. The Labute approximate surface area is 171 Å². The summed E-state index contributed by atoms with van der Waals surface area (Å²) in [5.41, 5.74) is 1.16. The molecule has 4 rings (SSSR count). The van der Waals surface area contributed by atoms with E-state index in [0.717, 1.165) is 30.6 Å². The van der Waals surface area contributed by atoms with E-state index in [1.165, 1.54) is 10.4 Å². The number of hydrogen-bond donors (Lipinski definition) is 0. The molecule has 0 N–H and O–H groups in total. The topological polar surface area (TPSA) is 80.1 Å². The number of aryl methyl sites for hydroxylation is 1. The second kappa shape index (κ2) is 7.84. The molecule has 0 radical (unpaired) electrons. The number of rotatable bonds is 5. The van der Waals surface area contributed by atoms with Gasteiger partial charge in [-0.3, -0.25) is 4.79 Å². The maximum absolute atomic E-state index is 12.9. The number of methoxy groups -OCH3 is 1. The van der Waals surface area contributed by atoms with E-state index >= 15 is 0 Å². The maximum Gasteiger partial charge on any atom is 0.289 e. The van der Waals surface area contributed by atoms with Crippen molar-refractivity contribution in [1.29, 1.82) is 0 Å². The lowest BCUT2D eigenvalue weighted by Crippen LogP contribution is -2.29. The third kappa shape index (κ3) is 3.79. The highest BCUT2D eigenvalue weighted by atomic mass is 32.2. The molecule has 1 aromatic carbocycles. The van der Waals surface area contributed by atoms with Gasteiger partial charge in [-0.2, -0.15) is 4.31 Å². The first-order valence-electron chi connectivity index (χ1n) is 9.94. The van der Waals surface area contributed by atoms with E-state index in [1.807, 2.05) is 24.3 Å². The van der Waals surface area contributed by atoms with Gasteiger partial charge < -0.3 is 14.1 Å². The zero-order chi connectivity index (χ0) is 20.6. The first kappa shape index (κ1) is 20.0. The van der Waals surface area contributed by atoms with Gasteiger partial charge in [0.05, 0.1) is 7.11 Å². The molecular formula is C21H26N2O5S. The van der Waals surface area contributed by atoms with E-state index in [1.54, 1.807) is 18.9 Å². The van der Waals surface area contributed by atoms with E-state index in [9.17, 15) is 13.2 Å². The Bertz CT molecular complexity index is 991. The van der Waals surface area contributed by atoms with Crippen LogP contribution in [0.1, 0.15) is 47.1 Å². The number of carbonyl (C=O) groups is 1. The second-order valence-electron chi connectivity index (χ2n) is 7.65. The highest BCUT2D eigenvalue weighted by Gasteiger charge is 2.34. The number of sulfonamides is 1. The third-order valence-electron chi connectivity index (χ3n) is 5.83. The van der Waals surface area contributed by atoms with Crippen molar-refractivity contribution in [2.75, 3.05) is 33.3 Å². The SMILES string of the molecule is COc1ccc(C2CCN(C(=O)c3cc(S(=O)(=O)N4CCCC4)c(C)o3)C2)cc1. The molecule has 1 amide bonds. The van der Waals surface area contributed by atoms with Crippen molar-refractivity contribution < 1.29 is 22.4 Å². The lowest BCUT2D eigenvalue weighted by molar-refractivity contribution is 0.0758. The van der Waals surface area contributed by atoms with Crippen LogP contribution in [0.5, 0.6) is 5.75 Å². The van der Waals surface area contributed by atoms with Crippen LogP contribution in [0.25, 0.3) is 0 Å². The predicted octanol–water partition coefficient (Wildman–Crippen LogP) is 3.01. The van der Waals surface area contributed by atoms with Crippen molar-refractivity contribution in [2.45, 2.75) is 37.0 Å². The van der Waals surface area contributed by atoms with Gasteiger partial charge in [-0.1, -0.05) is 12.1 Å². The molecule has 3 heterocycles. The van der Waals surface area contributed by atoms with Crippen LogP contribution in [-0.4, -0.2) is 56.8 Å². The van der Waals surface area contributed by atoms with Crippen LogP contribution in [0, 0.1) is 6.92 Å². The fourth-order valence-electron chi connectivity index (χ4n) is 4.14. The molecule has 156 valence electrons. The van der Waals surface area contributed by atoms with Gasteiger partial charge in [-0.25, -0.2) is 8.42 Å². The number of amides is 1. The molecule has 8 heteroatoms. The standard InChI is InChI=1S/C21H26N2O5S/c1-15-20(29(25,26)23-10-3-4-11-23)13-19(28-15)21(24)22-12-9-17(14-22)16-5-7-18(27-2)8-6-16/h5-8,13,17H,3-4,9-12,14H2,1-2H3. The summed E-state index contributed by atoms with van der Waals surface area (Å²) in [7, 11) is -1.98. The van der Waals surface area contributed by atoms with Crippen LogP contribution in [0.15, 0.2) is 39.6 Å². The van der Waals surface area contributed by atoms with Gasteiger partial charge >= 0.3 is 0 Å². The van der Waals surface area contributed by atoms with Crippen LogP contribution >= 0.6 is 0 Å². The Morgan fingerprint density at radius 1 is 1.14 bits per heavy atom. The van der Waals surface area contributed by atoms with Crippen LogP contribution in [-0.2, 0) is 10.0 Å². The van der Waals surface area contributed by atoms with E-state index < -0.39 is 10.0 Å². The summed E-state index contributed by atoms with van der Waals surface area (Å²) in [5, 5.41) is 0. The van der Waals surface area contributed by atoms with Crippen molar-refractivity contribution >= 4 is 15.9 Å². The van der Waals surface area contributed by atoms with Gasteiger partial charge in [0.1, 0.15) is 16.4 Å². The molecule has 1 unspecified atom stereocenters. The van der Waals surface area contributed by atoms with Gasteiger partial charge in [0, 0.05) is 38.2 Å². The van der Waals surface area contributed by atoms with E-state index in [2.05, 4.69) is 0 Å². The molecule has 29 heavy (non-hydrogen) atoms. The summed E-state index contributed by atoms with van der Waals surface area (Å²) in [6.07, 6.45) is 2.58. The van der Waals surface area contributed by atoms with Crippen LogP contribution in [0.4, 0.5) is 0 Å². The molecule has 2 aliphatic rings. The number of nitrogens with zero attached hydrogens (tertiary/aromatic N) is 2. The van der Waals surface area contributed by atoms with Gasteiger partial charge in [-0.15, -0.1) is 0 Å². The Kier molecular flexibility index (Phi) is 5.40. The number of ether oxygens (including phenoxy) is 1. The zero-order valence-electron chi connectivity index (χ0n) is 16.8.